The highest BCUT2D eigenvalue weighted by Gasteiger charge is 2.20. The fourth-order valence-corrected chi connectivity index (χ4v) is 3.79. The number of methoxy groups -OCH3 is 2. The Morgan fingerprint density at radius 1 is 1.00 bits per heavy atom. The first-order chi connectivity index (χ1) is 14.1. The quantitative estimate of drug-likeness (QED) is 0.599. The van der Waals surface area contributed by atoms with E-state index in [9.17, 15) is 13.2 Å². The van der Waals surface area contributed by atoms with Crippen molar-refractivity contribution in [3.8, 4) is 17.2 Å². The molecule has 0 aliphatic rings. The maximum absolute atomic E-state index is 12.8. The molecule has 0 aliphatic carbocycles. The average Bonchev–Trinajstić information content (AvgIpc) is 2.68. The van der Waals surface area contributed by atoms with Crippen molar-refractivity contribution in [1.29, 1.82) is 0 Å². The summed E-state index contributed by atoms with van der Waals surface area (Å²) >= 11 is 6.05. The molecule has 2 rings (SSSR count). The third kappa shape index (κ3) is 5.93. The van der Waals surface area contributed by atoms with E-state index in [1.807, 2.05) is 13.8 Å². The van der Waals surface area contributed by atoms with Crippen LogP contribution in [-0.4, -0.2) is 40.7 Å². The molecule has 0 spiro atoms. The first-order valence-corrected chi connectivity index (χ1v) is 10.9. The minimum absolute atomic E-state index is 0.00473. The van der Waals surface area contributed by atoms with Gasteiger partial charge in [-0.1, -0.05) is 11.6 Å². The monoisotopic (exact) mass is 456 g/mol. The first kappa shape index (κ1) is 23.6. The van der Waals surface area contributed by atoms with Crippen molar-refractivity contribution < 1.29 is 27.4 Å². The second-order valence-corrected chi connectivity index (χ2v) is 8.78. The van der Waals surface area contributed by atoms with Crippen molar-refractivity contribution in [2.24, 2.45) is 0 Å². The Balaban J connectivity index is 2.19. The van der Waals surface area contributed by atoms with E-state index in [-0.39, 0.29) is 33.3 Å². The van der Waals surface area contributed by atoms with Gasteiger partial charge < -0.3 is 19.5 Å². The maximum atomic E-state index is 12.8. The van der Waals surface area contributed by atoms with Crippen LogP contribution in [0.25, 0.3) is 0 Å². The van der Waals surface area contributed by atoms with Gasteiger partial charge in [-0.15, -0.1) is 0 Å². The number of rotatable bonds is 9. The van der Waals surface area contributed by atoms with Gasteiger partial charge in [0.05, 0.1) is 29.8 Å². The number of benzene rings is 2. The highest BCUT2D eigenvalue weighted by molar-refractivity contribution is 7.92. The molecular formula is C20H25ClN2O6S. The van der Waals surface area contributed by atoms with Gasteiger partial charge in [-0.25, -0.2) is 8.42 Å². The van der Waals surface area contributed by atoms with Gasteiger partial charge in [0.15, 0.2) is 6.10 Å². The van der Waals surface area contributed by atoms with Crippen LogP contribution < -0.4 is 24.2 Å². The van der Waals surface area contributed by atoms with E-state index < -0.39 is 16.1 Å². The molecule has 0 saturated carbocycles. The average molecular weight is 457 g/mol. The minimum atomic E-state index is -3.92. The van der Waals surface area contributed by atoms with Crippen LogP contribution in [-0.2, 0) is 14.8 Å². The van der Waals surface area contributed by atoms with E-state index in [1.54, 1.807) is 6.92 Å². The Morgan fingerprint density at radius 3 is 2.13 bits per heavy atom. The Hall–Kier alpha value is -2.65. The molecule has 1 amide bonds. The van der Waals surface area contributed by atoms with Crippen LogP contribution in [0.4, 0.5) is 5.69 Å². The number of halogens is 1. The van der Waals surface area contributed by atoms with Crippen molar-refractivity contribution in [2.75, 3.05) is 18.9 Å². The van der Waals surface area contributed by atoms with E-state index in [4.69, 9.17) is 25.8 Å². The van der Waals surface area contributed by atoms with Crippen LogP contribution in [0.5, 0.6) is 17.2 Å². The Kier molecular flexibility index (Phi) is 7.80. The molecule has 2 N–H and O–H groups in total. The minimum Gasteiger partial charge on any atom is -0.495 e. The summed E-state index contributed by atoms with van der Waals surface area (Å²) < 4.78 is 43.9. The second-order valence-electron chi connectivity index (χ2n) is 6.69. The molecule has 0 aliphatic heterocycles. The predicted molar refractivity (Wildman–Crippen MR) is 115 cm³/mol. The fourth-order valence-electron chi connectivity index (χ4n) is 2.50. The van der Waals surface area contributed by atoms with Crippen molar-refractivity contribution in [3.63, 3.8) is 0 Å². The Morgan fingerprint density at radius 2 is 1.60 bits per heavy atom. The van der Waals surface area contributed by atoms with Crippen LogP contribution in [0, 0.1) is 0 Å². The lowest BCUT2D eigenvalue weighted by atomic mass is 10.3. The van der Waals surface area contributed by atoms with Crippen LogP contribution in [0.15, 0.2) is 41.3 Å². The Labute approximate surface area is 181 Å². The number of sulfonamides is 1. The number of carbonyl (C=O) groups is 1. The van der Waals surface area contributed by atoms with Crippen molar-refractivity contribution in [3.05, 3.63) is 41.4 Å². The van der Waals surface area contributed by atoms with E-state index in [2.05, 4.69) is 10.0 Å². The number of hydrogen-bond acceptors (Lipinski definition) is 6. The number of ether oxygens (including phenoxy) is 3. The molecule has 0 aromatic heterocycles. The van der Waals surface area contributed by atoms with Gasteiger partial charge >= 0.3 is 0 Å². The van der Waals surface area contributed by atoms with Crippen molar-refractivity contribution in [1.82, 2.24) is 5.32 Å². The Bertz CT molecular complexity index is 993. The summed E-state index contributed by atoms with van der Waals surface area (Å²) in [5.41, 5.74) is 0.179. The lowest BCUT2D eigenvalue weighted by Gasteiger charge is -2.17. The lowest BCUT2D eigenvalue weighted by Crippen LogP contribution is -2.40. The molecule has 30 heavy (non-hydrogen) atoms. The molecular weight excluding hydrogens is 432 g/mol. The van der Waals surface area contributed by atoms with E-state index in [0.717, 1.165) is 0 Å². The first-order valence-electron chi connectivity index (χ1n) is 9.08. The summed E-state index contributed by atoms with van der Waals surface area (Å²) in [5.74, 6) is 0.653. The number of amides is 1. The summed E-state index contributed by atoms with van der Waals surface area (Å²) in [5, 5.41) is 3.03. The molecule has 8 nitrogen and oxygen atoms in total. The number of nitrogens with one attached hydrogen (secondary N) is 2. The third-order valence-electron chi connectivity index (χ3n) is 3.97. The summed E-state index contributed by atoms with van der Waals surface area (Å²) in [6.45, 7) is 5.31. The summed E-state index contributed by atoms with van der Waals surface area (Å²) in [6.07, 6.45) is -0.723. The highest BCUT2D eigenvalue weighted by Crippen LogP contribution is 2.37. The van der Waals surface area contributed by atoms with E-state index in [0.29, 0.717) is 11.5 Å². The SMILES string of the molecule is COc1cc(NS(=O)(=O)c2ccc(O[C@@H](C)C(=O)NC(C)C)cc2)c(OC)cc1Cl. The van der Waals surface area contributed by atoms with Crippen LogP contribution in [0.3, 0.4) is 0 Å². The largest absolute Gasteiger partial charge is 0.495 e. The fraction of sp³-hybridized carbons (Fsp3) is 0.350. The zero-order chi connectivity index (χ0) is 22.5. The molecule has 0 unspecified atom stereocenters. The molecule has 2 aromatic rings. The van der Waals surface area contributed by atoms with Gasteiger partial charge in [-0.2, -0.15) is 0 Å². The van der Waals surface area contributed by atoms with Crippen LogP contribution in [0.1, 0.15) is 20.8 Å². The molecule has 0 radical (unpaired) electrons. The maximum Gasteiger partial charge on any atom is 0.262 e. The smallest absolute Gasteiger partial charge is 0.262 e. The van der Waals surface area contributed by atoms with Gasteiger partial charge in [-0.3, -0.25) is 9.52 Å². The molecule has 0 heterocycles. The summed E-state index contributed by atoms with van der Waals surface area (Å²) in [4.78, 5) is 12.0. The van der Waals surface area contributed by atoms with Crippen LogP contribution >= 0.6 is 11.6 Å². The van der Waals surface area contributed by atoms with Gasteiger partial charge in [0.2, 0.25) is 0 Å². The molecule has 10 heteroatoms. The lowest BCUT2D eigenvalue weighted by molar-refractivity contribution is -0.127. The zero-order valence-corrected chi connectivity index (χ0v) is 18.9. The molecule has 2 aromatic carbocycles. The normalized spacial score (nSPS) is 12.2. The standard InChI is InChI=1S/C20H25ClN2O6S/c1-12(2)22-20(24)13(3)29-14-6-8-15(9-7-14)30(25,26)23-17-11-18(27-4)16(21)10-19(17)28-5/h6-13,23H,1-5H3,(H,22,24)/t13-/m0/s1. The van der Waals surface area contributed by atoms with E-state index in [1.165, 1.54) is 50.6 Å². The summed E-state index contributed by atoms with van der Waals surface area (Å²) in [7, 11) is -1.10. The summed E-state index contributed by atoms with van der Waals surface area (Å²) in [6, 6.07) is 8.60. The molecule has 1 atom stereocenters. The van der Waals surface area contributed by atoms with Gasteiger partial charge in [0.25, 0.3) is 15.9 Å². The van der Waals surface area contributed by atoms with Crippen molar-refractivity contribution >= 4 is 33.2 Å². The number of hydrogen-bond donors (Lipinski definition) is 2. The topological polar surface area (TPSA) is 103 Å². The predicted octanol–water partition coefficient (Wildman–Crippen LogP) is 3.45. The van der Waals surface area contributed by atoms with Crippen molar-refractivity contribution in [2.45, 2.75) is 37.8 Å². The highest BCUT2D eigenvalue weighted by atomic mass is 35.5. The second kappa shape index (κ2) is 9.90. The van der Waals surface area contributed by atoms with Crippen LogP contribution in [0.2, 0.25) is 5.02 Å². The number of carbonyl (C=O) groups excluding carboxylic acids is 1. The third-order valence-corrected chi connectivity index (χ3v) is 5.64. The molecule has 164 valence electrons. The number of anilines is 1. The van der Waals surface area contributed by atoms with E-state index >= 15 is 0 Å². The van der Waals surface area contributed by atoms with Gasteiger partial charge in [0.1, 0.15) is 17.2 Å². The zero-order valence-electron chi connectivity index (χ0n) is 17.4. The van der Waals surface area contributed by atoms with Gasteiger partial charge in [-0.05, 0) is 45.0 Å². The molecule has 0 bridgehead atoms. The molecule has 0 saturated heterocycles. The molecule has 0 fully saturated rings. The van der Waals surface area contributed by atoms with Gasteiger partial charge in [0, 0.05) is 18.2 Å².